The third-order valence-electron chi connectivity index (χ3n) is 7.07. The molecule has 0 fully saturated rings. The average Bonchev–Trinajstić information content (AvgIpc) is 2.87. The Morgan fingerprint density at radius 3 is 2.03 bits per heavy atom. The molecule has 0 saturated carbocycles. The molecular weight excluding hydrogens is 410 g/mol. The molecule has 2 atom stereocenters. The zero-order valence-electron chi connectivity index (χ0n) is 20.4. The quantitative estimate of drug-likeness (QED) is 0.380. The smallest absolute Gasteiger partial charge is 0.0458 e. The standard InChI is InChI=1S/C33H33N/c1-24-13-15-27(16-14-24)29-19-22-33(26(3)23-29)34(30-10-5-4-6-11-30)31-20-17-28(18-21-31)32-12-8-7-9-25(32)2/h4-8,10-22,25-26H,9,23H2,1-3H3/t25-,26?/m0/s1. The molecule has 0 bridgehead atoms. The molecule has 5 rings (SSSR count). The third kappa shape index (κ3) is 4.56. The van der Waals surface area contributed by atoms with Gasteiger partial charge in [-0.3, -0.25) is 0 Å². The van der Waals surface area contributed by atoms with Crippen LogP contribution in [-0.2, 0) is 0 Å². The summed E-state index contributed by atoms with van der Waals surface area (Å²) in [6, 6.07) is 28.8. The molecule has 0 spiro atoms. The van der Waals surface area contributed by atoms with Crippen molar-refractivity contribution in [3.8, 4) is 0 Å². The first-order chi connectivity index (χ1) is 16.6. The first kappa shape index (κ1) is 22.2. The summed E-state index contributed by atoms with van der Waals surface area (Å²) in [5.41, 5.74) is 10.5. The molecule has 0 saturated heterocycles. The van der Waals surface area contributed by atoms with Crippen molar-refractivity contribution >= 4 is 22.5 Å². The minimum absolute atomic E-state index is 0.410. The van der Waals surface area contributed by atoms with Gasteiger partial charge in [-0.05, 0) is 78.3 Å². The summed E-state index contributed by atoms with van der Waals surface area (Å²) >= 11 is 0. The molecule has 3 aromatic rings. The second-order valence-corrected chi connectivity index (χ2v) is 9.66. The van der Waals surface area contributed by atoms with Crippen molar-refractivity contribution < 1.29 is 0 Å². The number of allylic oxidation sites excluding steroid dienone is 8. The van der Waals surface area contributed by atoms with Crippen LogP contribution in [0.2, 0.25) is 0 Å². The summed E-state index contributed by atoms with van der Waals surface area (Å²) in [5.74, 6) is 0.972. The van der Waals surface area contributed by atoms with E-state index < -0.39 is 0 Å². The summed E-state index contributed by atoms with van der Waals surface area (Å²) in [5, 5.41) is 0. The Balaban J connectivity index is 1.52. The molecule has 1 heteroatoms. The Morgan fingerprint density at radius 1 is 0.676 bits per heavy atom. The molecule has 0 aliphatic heterocycles. The maximum absolute atomic E-state index is 2.43. The van der Waals surface area contributed by atoms with Gasteiger partial charge in [0, 0.05) is 23.0 Å². The highest BCUT2D eigenvalue weighted by Crippen LogP contribution is 2.40. The normalized spacial score (nSPS) is 19.8. The van der Waals surface area contributed by atoms with Crippen molar-refractivity contribution in [3.63, 3.8) is 0 Å². The number of para-hydroxylation sites is 1. The number of anilines is 2. The molecule has 3 aromatic carbocycles. The number of rotatable bonds is 5. The fraction of sp³-hybridized carbons (Fsp3) is 0.212. The van der Waals surface area contributed by atoms with Crippen LogP contribution in [0.1, 0.15) is 43.4 Å². The lowest BCUT2D eigenvalue weighted by atomic mass is 9.87. The Hall–Kier alpha value is -3.58. The molecule has 0 amide bonds. The fourth-order valence-electron chi connectivity index (χ4n) is 5.08. The van der Waals surface area contributed by atoms with Gasteiger partial charge in [0.1, 0.15) is 0 Å². The monoisotopic (exact) mass is 443 g/mol. The predicted octanol–water partition coefficient (Wildman–Crippen LogP) is 9.12. The van der Waals surface area contributed by atoms with Gasteiger partial charge >= 0.3 is 0 Å². The van der Waals surface area contributed by atoms with E-state index in [4.69, 9.17) is 0 Å². The van der Waals surface area contributed by atoms with E-state index in [9.17, 15) is 0 Å². The zero-order chi connectivity index (χ0) is 23.5. The van der Waals surface area contributed by atoms with Crippen molar-refractivity contribution in [1.29, 1.82) is 0 Å². The summed E-state index contributed by atoms with van der Waals surface area (Å²) in [6.07, 6.45) is 13.5. The van der Waals surface area contributed by atoms with Crippen LogP contribution in [0.4, 0.5) is 11.4 Å². The molecule has 2 aliphatic carbocycles. The van der Waals surface area contributed by atoms with Crippen LogP contribution in [-0.4, -0.2) is 0 Å². The molecule has 34 heavy (non-hydrogen) atoms. The molecule has 0 aromatic heterocycles. The van der Waals surface area contributed by atoms with Gasteiger partial charge in [0.2, 0.25) is 0 Å². The highest BCUT2D eigenvalue weighted by Gasteiger charge is 2.24. The lowest BCUT2D eigenvalue weighted by Crippen LogP contribution is -2.23. The molecule has 2 aliphatic rings. The minimum Gasteiger partial charge on any atom is -0.314 e. The average molecular weight is 444 g/mol. The van der Waals surface area contributed by atoms with Gasteiger partial charge in [-0.1, -0.05) is 98.3 Å². The molecule has 0 radical (unpaired) electrons. The van der Waals surface area contributed by atoms with Gasteiger partial charge in [0.05, 0.1) is 0 Å². The molecule has 0 N–H and O–H groups in total. The topological polar surface area (TPSA) is 3.24 Å². The SMILES string of the molecule is Cc1ccc(C2=CC=C(N(c3ccccc3)c3ccc(C4=CC=CC[C@@H]4C)cc3)C(C)C2)cc1. The number of benzene rings is 3. The second-order valence-electron chi connectivity index (χ2n) is 9.66. The summed E-state index contributed by atoms with van der Waals surface area (Å²) in [7, 11) is 0. The lowest BCUT2D eigenvalue weighted by Gasteiger charge is -2.34. The minimum atomic E-state index is 0.410. The van der Waals surface area contributed by atoms with E-state index in [-0.39, 0.29) is 0 Å². The van der Waals surface area contributed by atoms with Crippen LogP contribution >= 0.6 is 0 Å². The molecule has 0 heterocycles. The number of aryl methyl sites for hydroxylation is 1. The Bertz CT molecular complexity index is 1250. The van der Waals surface area contributed by atoms with Crippen molar-refractivity contribution in [2.45, 2.75) is 33.6 Å². The van der Waals surface area contributed by atoms with Crippen molar-refractivity contribution in [2.24, 2.45) is 11.8 Å². The van der Waals surface area contributed by atoms with Crippen LogP contribution in [0.15, 0.2) is 115 Å². The van der Waals surface area contributed by atoms with Gasteiger partial charge in [-0.15, -0.1) is 0 Å². The first-order valence-corrected chi connectivity index (χ1v) is 12.4. The largest absolute Gasteiger partial charge is 0.314 e. The molecular formula is C33H33N. The van der Waals surface area contributed by atoms with Crippen LogP contribution in [0.3, 0.4) is 0 Å². The van der Waals surface area contributed by atoms with E-state index >= 15 is 0 Å². The van der Waals surface area contributed by atoms with Crippen LogP contribution in [0, 0.1) is 18.8 Å². The zero-order valence-corrected chi connectivity index (χ0v) is 20.4. The Morgan fingerprint density at radius 2 is 1.35 bits per heavy atom. The number of hydrogen-bond donors (Lipinski definition) is 0. The Labute approximate surface area is 204 Å². The summed E-state index contributed by atoms with van der Waals surface area (Å²) < 4.78 is 0. The summed E-state index contributed by atoms with van der Waals surface area (Å²) in [4.78, 5) is 2.43. The van der Waals surface area contributed by atoms with E-state index in [0.29, 0.717) is 11.8 Å². The number of hydrogen-bond acceptors (Lipinski definition) is 1. The van der Waals surface area contributed by atoms with Gasteiger partial charge < -0.3 is 4.90 Å². The van der Waals surface area contributed by atoms with Gasteiger partial charge in [0.15, 0.2) is 0 Å². The number of nitrogens with zero attached hydrogens (tertiary/aromatic N) is 1. The molecule has 1 unspecified atom stereocenters. The maximum atomic E-state index is 2.43. The van der Waals surface area contributed by atoms with E-state index in [1.807, 2.05) is 0 Å². The van der Waals surface area contributed by atoms with Gasteiger partial charge in [0.25, 0.3) is 0 Å². The second kappa shape index (κ2) is 9.73. The van der Waals surface area contributed by atoms with Crippen molar-refractivity contribution in [3.05, 3.63) is 132 Å². The molecule has 170 valence electrons. The summed E-state index contributed by atoms with van der Waals surface area (Å²) in [6.45, 7) is 6.80. The van der Waals surface area contributed by atoms with E-state index in [2.05, 4.69) is 135 Å². The highest BCUT2D eigenvalue weighted by molar-refractivity contribution is 5.76. The van der Waals surface area contributed by atoms with Crippen molar-refractivity contribution in [1.82, 2.24) is 0 Å². The fourth-order valence-corrected chi connectivity index (χ4v) is 5.08. The van der Waals surface area contributed by atoms with E-state index in [1.54, 1.807) is 0 Å². The Kier molecular flexibility index (Phi) is 6.36. The maximum Gasteiger partial charge on any atom is 0.0458 e. The van der Waals surface area contributed by atoms with Crippen LogP contribution in [0.5, 0.6) is 0 Å². The highest BCUT2D eigenvalue weighted by atomic mass is 15.2. The van der Waals surface area contributed by atoms with Gasteiger partial charge in [-0.25, -0.2) is 0 Å². The van der Waals surface area contributed by atoms with Gasteiger partial charge in [-0.2, -0.15) is 0 Å². The van der Waals surface area contributed by atoms with E-state index in [1.165, 1.54) is 44.9 Å². The first-order valence-electron chi connectivity index (χ1n) is 12.4. The van der Waals surface area contributed by atoms with Crippen LogP contribution in [0.25, 0.3) is 11.1 Å². The molecule has 1 nitrogen and oxygen atoms in total. The van der Waals surface area contributed by atoms with Crippen LogP contribution < -0.4 is 4.90 Å². The third-order valence-corrected chi connectivity index (χ3v) is 7.07. The predicted molar refractivity (Wildman–Crippen MR) is 147 cm³/mol. The van der Waals surface area contributed by atoms with Crippen molar-refractivity contribution in [2.75, 3.05) is 4.90 Å². The van der Waals surface area contributed by atoms with E-state index in [0.717, 1.165) is 12.8 Å². The lowest BCUT2D eigenvalue weighted by molar-refractivity contribution is 0.680.